The lowest BCUT2D eigenvalue weighted by atomic mass is 10.1. The number of hydrogen-bond donors (Lipinski definition) is 1. The molecular formula is C23H24N4O4S. The summed E-state index contributed by atoms with van der Waals surface area (Å²) in [5.41, 5.74) is 2.55. The van der Waals surface area contributed by atoms with Gasteiger partial charge < -0.3 is 14.6 Å². The average molecular weight is 453 g/mol. The largest absolute Gasteiger partial charge is 0.376 e. The first-order chi connectivity index (χ1) is 15.5. The van der Waals surface area contributed by atoms with Gasteiger partial charge in [-0.05, 0) is 37.5 Å². The van der Waals surface area contributed by atoms with Gasteiger partial charge in [0.1, 0.15) is 0 Å². The molecule has 1 N–H and O–H groups in total. The summed E-state index contributed by atoms with van der Waals surface area (Å²) in [6.45, 7) is 3.28. The average Bonchev–Trinajstić information content (AvgIpc) is 3.45. The molecule has 0 bridgehead atoms. The monoisotopic (exact) mass is 452 g/mol. The van der Waals surface area contributed by atoms with Gasteiger partial charge in [-0.1, -0.05) is 42.1 Å². The van der Waals surface area contributed by atoms with E-state index < -0.39 is 10.2 Å². The Kier molecular flexibility index (Phi) is 6.87. The molecule has 0 aliphatic carbocycles. The third-order valence-corrected chi connectivity index (χ3v) is 6.40. The molecular weight excluding hydrogens is 428 g/mol. The van der Waals surface area contributed by atoms with Crippen molar-refractivity contribution < 1.29 is 14.5 Å². The predicted molar refractivity (Wildman–Crippen MR) is 124 cm³/mol. The zero-order chi connectivity index (χ0) is 22.5. The molecule has 1 aliphatic rings. The Hall–Kier alpha value is -3.17. The van der Waals surface area contributed by atoms with E-state index in [0.29, 0.717) is 12.2 Å². The zero-order valence-electron chi connectivity index (χ0n) is 17.6. The highest BCUT2D eigenvalue weighted by molar-refractivity contribution is 8.00. The summed E-state index contributed by atoms with van der Waals surface area (Å²) in [5.74, 6) is -0.197. The van der Waals surface area contributed by atoms with Crippen molar-refractivity contribution in [3.05, 3.63) is 70.9 Å². The summed E-state index contributed by atoms with van der Waals surface area (Å²) in [7, 11) is 0. The van der Waals surface area contributed by atoms with Crippen LogP contribution in [0.3, 0.4) is 0 Å². The molecule has 2 heterocycles. The molecule has 32 heavy (non-hydrogen) atoms. The number of thioether (sulfide) groups is 1. The van der Waals surface area contributed by atoms with Crippen molar-refractivity contribution in [2.24, 2.45) is 0 Å². The first-order valence-electron chi connectivity index (χ1n) is 10.5. The molecule has 2 atom stereocenters. The first kappa shape index (κ1) is 22.0. The number of non-ortho nitro benzene ring substituents is 1. The van der Waals surface area contributed by atoms with Crippen molar-refractivity contribution in [1.82, 2.24) is 9.55 Å². The third kappa shape index (κ3) is 5.17. The highest BCUT2D eigenvalue weighted by atomic mass is 32.2. The fourth-order valence-corrected chi connectivity index (χ4v) is 4.48. The highest BCUT2D eigenvalue weighted by Crippen LogP contribution is 2.31. The van der Waals surface area contributed by atoms with E-state index in [0.717, 1.165) is 35.9 Å². The summed E-state index contributed by atoms with van der Waals surface area (Å²) in [4.78, 5) is 27.7. The van der Waals surface area contributed by atoms with Gasteiger partial charge in [0.05, 0.1) is 34.7 Å². The second kappa shape index (κ2) is 9.97. The van der Waals surface area contributed by atoms with E-state index in [1.165, 1.54) is 36.0 Å². The first-order valence-corrected chi connectivity index (χ1v) is 11.3. The maximum absolute atomic E-state index is 12.7. The van der Waals surface area contributed by atoms with Crippen LogP contribution in [0.4, 0.5) is 11.4 Å². The smallest absolute Gasteiger partial charge is 0.269 e. The van der Waals surface area contributed by atoms with Crippen LogP contribution in [0.5, 0.6) is 0 Å². The van der Waals surface area contributed by atoms with E-state index in [4.69, 9.17) is 4.74 Å². The minimum absolute atomic E-state index is 0.0185. The molecule has 2 unspecified atom stereocenters. The van der Waals surface area contributed by atoms with Crippen molar-refractivity contribution >= 4 is 29.0 Å². The van der Waals surface area contributed by atoms with Gasteiger partial charge >= 0.3 is 0 Å². The van der Waals surface area contributed by atoms with Gasteiger partial charge in [0.25, 0.3) is 5.69 Å². The Labute approximate surface area is 190 Å². The highest BCUT2D eigenvalue weighted by Gasteiger charge is 2.23. The topological polar surface area (TPSA) is 99.3 Å². The molecule has 1 fully saturated rings. The van der Waals surface area contributed by atoms with E-state index in [-0.39, 0.29) is 17.7 Å². The van der Waals surface area contributed by atoms with Gasteiger partial charge in [-0.2, -0.15) is 0 Å². The summed E-state index contributed by atoms with van der Waals surface area (Å²) >= 11 is 1.38. The van der Waals surface area contributed by atoms with Gasteiger partial charge in [0.2, 0.25) is 5.91 Å². The van der Waals surface area contributed by atoms with Crippen molar-refractivity contribution in [2.75, 3.05) is 11.9 Å². The Morgan fingerprint density at radius 1 is 1.28 bits per heavy atom. The van der Waals surface area contributed by atoms with E-state index in [1.807, 2.05) is 43.5 Å². The molecule has 8 nitrogen and oxygen atoms in total. The van der Waals surface area contributed by atoms with Crippen LogP contribution in [0.2, 0.25) is 0 Å². The van der Waals surface area contributed by atoms with Crippen LogP contribution in [-0.4, -0.2) is 38.3 Å². The maximum atomic E-state index is 12.7. The third-order valence-electron chi connectivity index (χ3n) is 5.30. The molecule has 4 rings (SSSR count). The second-order valence-corrected chi connectivity index (χ2v) is 8.90. The molecule has 2 aromatic carbocycles. The lowest BCUT2D eigenvalue weighted by Crippen LogP contribution is -2.23. The Morgan fingerprint density at radius 3 is 2.69 bits per heavy atom. The molecule has 9 heteroatoms. The minimum Gasteiger partial charge on any atom is -0.376 e. The van der Waals surface area contributed by atoms with Crippen LogP contribution >= 0.6 is 11.8 Å². The number of ether oxygens (including phenoxy) is 1. The summed E-state index contributed by atoms with van der Waals surface area (Å²) < 4.78 is 7.98. The second-order valence-electron chi connectivity index (χ2n) is 7.59. The minimum atomic E-state index is -0.470. The van der Waals surface area contributed by atoms with Crippen molar-refractivity contribution in [3.8, 4) is 11.3 Å². The Bertz CT molecular complexity index is 1080. The number of aromatic nitrogens is 2. The molecule has 166 valence electrons. The van der Waals surface area contributed by atoms with Crippen LogP contribution in [-0.2, 0) is 16.1 Å². The standard InChI is InChI=1S/C23H24N4O4S/c1-16(22(28)25-18-9-11-19(12-10-18)27(29)30)32-23-24-14-21(17-6-3-2-4-7-17)26(23)15-20-8-5-13-31-20/h2-4,6-7,9-12,14,16,20H,5,8,13,15H2,1H3,(H,25,28). The lowest BCUT2D eigenvalue weighted by molar-refractivity contribution is -0.384. The lowest BCUT2D eigenvalue weighted by Gasteiger charge is -2.18. The van der Waals surface area contributed by atoms with Gasteiger partial charge in [-0.25, -0.2) is 4.98 Å². The Morgan fingerprint density at radius 2 is 2.03 bits per heavy atom. The number of carbonyl (C=O) groups excluding carboxylic acids is 1. The van der Waals surface area contributed by atoms with Crippen molar-refractivity contribution in [3.63, 3.8) is 0 Å². The number of nitro groups is 1. The van der Waals surface area contributed by atoms with Gasteiger partial charge in [0.15, 0.2) is 5.16 Å². The maximum Gasteiger partial charge on any atom is 0.269 e. The predicted octanol–water partition coefficient (Wildman–Crippen LogP) is 4.76. The van der Waals surface area contributed by atoms with Gasteiger partial charge in [-0.3, -0.25) is 14.9 Å². The van der Waals surface area contributed by atoms with Crippen molar-refractivity contribution in [1.29, 1.82) is 0 Å². The fourth-order valence-electron chi connectivity index (χ4n) is 3.58. The van der Waals surface area contributed by atoms with Crippen LogP contribution in [0, 0.1) is 10.1 Å². The van der Waals surface area contributed by atoms with E-state index >= 15 is 0 Å². The quantitative estimate of drug-likeness (QED) is 0.301. The molecule has 1 amide bonds. The van der Waals surface area contributed by atoms with E-state index in [1.54, 1.807) is 0 Å². The zero-order valence-corrected chi connectivity index (χ0v) is 18.5. The molecule has 1 aromatic heterocycles. The molecule has 1 saturated heterocycles. The number of nitro benzene ring substituents is 1. The number of benzene rings is 2. The number of rotatable bonds is 8. The van der Waals surface area contributed by atoms with Crippen LogP contribution in [0.1, 0.15) is 19.8 Å². The van der Waals surface area contributed by atoms with Crippen LogP contribution in [0.25, 0.3) is 11.3 Å². The number of imidazole rings is 1. The summed E-state index contributed by atoms with van der Waals surface area (Å²) in [5, 5.41) is 14.0. The molecule has 0 radical (unpaired) electrons. The van der Waals surface area contributed by atoms with Gasteiger partial charge in [-0.15, -0.1) is 0 Å². The SMILES string of the molecule is CC(Sc1ncc(-c2ccccc2)n1CC1CCCO1)C(=O)Nc1ccc([N+](=O)[O-])cc1. The number of hydrogen-bond acceptors (Lipinski definition) is 6. The molecule has 1 aliphatic heterocycles. The number of nitrogens with one attached hydrogen (secondary N) is 1. The number of carbonyl (C=O) groups is 1. The number of anilines is 1. The fraction of sp³-hybridized carbons (Fsp3) is 0.304. The molecule has 0 spiro atoms. The summed E-state index contributed by atoms with van der Waals surface area (Å²) in [6.07, 6.45) is 4.03. The number of amides is 1. The van der Waals surface area contributed by atoms with Crippen LogP contribution in [0.15, 0.2) is 66.0 Å². The number of nitrogens with zero attached hydrogens (tertiary/aromatic N) is 3. The van der Waals surface area contributed by atoms with Crippen molar-refractivity contribution in [2.45, 2.75) is 42.8 Å². The summed E-state index contributed by atoms with van der Waals surface area (Å²) in [6, 6.07) is 15.8. The molecule has 3 aromatic rings. The van der Waals surface area contributed by atoms with E-state index in [2.05, 4.69) is 14.9 Å². The van der Waals surface area contributed by atoms with Gasteiger partial charge in [0, 0.05) is 24.4 Å². The Balaban J connectivity index is 1.50. The van der Waals surface area contributed by atoms with Crippen LogP contribution < -0.4 is 5.32 Å². The normalized spacial score (nSPS) is 16.6. The van der Waals surface area contributed by atoms with E-state index in [9.17, 15) is 14.9 Å². The molecule has 0 saturated carbocycles.